The fourth-order valence-electron chi connectivity index (χ4n) is 1.73. The maximum Gasteiger partial charge on any atom is 0.257 e. The second kappa shape index (κ2) is 6.13. The molecule has 0 spiro atoms. The lowest BCUT2D eigenvalue weighted by Crippen LogP contribution is -2.31. The van der Waals surface area contributed by atoms with Crippen LogP contribution in [0.15, 0.2) is 18.2 Å². The third-order valence-corrected chi connectivity index (χ3v) is 2.62. The van der Waals surface area contributed by atoms with E-state index in [1.165, 1.54) is 0 Å². The first-order chi connectivity index (χ1) is 8.13. The molecule has 0 fully saturated rings. The zero-order valence-electron chi connectivity index (χ0n) is 10.7. The predicted molar refractivity (Wildman–Crippen MR) is 69.3 cm³/mol. The van der Waals surface area contributed by atoms with E-state index in [0.717, 1.165) is 13.0 Å². The Morgan fingerprint density at radius 1 is 1.41 bits per heavy atom. The van der Waals surface area contributed by atoms with Crippen molar-refractivity contribution in [2.75, 3.05) is 25.9 Å². The zero-order valence-corrected chi connectivity index (χ0v) is 10.7. The third-order valence-electron chi connectivity index (χ3n) is 2.62. The summed E-state index contributed by atoms with van der Waals surface area (Å²) >= 11 is 0. The van der Waals surface area contributed by atoms with Crippen LogP contribution in [0.3, 0.4) is 0 Å². The predicted octanol–water partition coefficient (Wildman–Crippen LogP) is 2.15. The molecule has 94 valence electrons. The summed E-state index contributed by atoms with van der Waals surface area (Å²) < 4.78 is 5.19. The number of amides is 1. The van der Waals surface area contributed by atoms with Crippen LogP contribution in [0, 0.1) is 0 Å². The van der Waals surface area contributed by atoms with Crippen LogP contribution < -0.4 is 10.5 Å². The highest BCUT2D eigenvalue weighted by atomic mass is 16.5. The Morgan fingerprint density at radius 2 is 2.12 bits per heavy atom. The number of anilines is 1. The van der Waals surface area contributed by atoms with E-state index >= 15 is 0 Å². The first-order valence-corrected chi connectivity index (χ1v) is 5.86. The summed E-state index contributed by atoms with van der Waals surface area (Å²) in [6, 6.07) is 5.11. The number of carbonyl (C=O) groups is 1. The van der Waals surface area contributed by atoms with Gasteiger partial charge < -0.3 is 15.4 Å². The highest BCUT2D eigenvalue weighted by Crippen LogP contribution is 2.23. The molecule has 0 atom stereocenters. The molecular formula is C13H20N2O2. The summed E-state index contributed by atoms with van der Waals surface area (Å²) in [5.74, 6) is 0.524. The number of methoxy groups -OCH3 is 1. The van der Waals surface area contributed by atoms with Gasteiger partial charge in [0, 0.05) is 24.8 Å². The first-order valence-electron chi connectivity index (χ1n) is 5.86. The molecule has 1 aromatic carbocycles. The van der Waals surface area contributed by atoms with E-state index in [2.05, 4.69) is 6.92 Å². The molecule has 2 N–H and O–H groups in total. The molecule has 0 aromatic heterocycles. The van der Waals surface area contributed by atoms with Crippen LogP contribution in [0.25, 0.3) is 0 Å². The minimum atomic E-state index is -0.00815. The molecule has 0 heterocycles. The second-order valence-electron chi connectivity index (χ2n) is 3.84. The second-order valence-corrected chi connectivity index (χ2v) is 3.84. The molecule has 4 nitrogen and oxygen atoms in total. The standard InChI is InChI=1S/C13H20N2O2/c1-4-8-15(5-2)13(16)11-7-6-10(14)9-12(11)17-3/h6-7,9H,4-5,8,14H2,1-3H3. The van der Waals surface area contributed by atoms with E-state index in [4.69, 9.17) is 10.5 Å². The summed E-state index contributed by atoms with van der Waals surface area (Å²) in [6.07, 6.45) is 0.941. The number of nitrogen functional groups attached to an aromatic ring is 1. The van der Waals surface area contributed by atoms with Gasteiger partial charge in [0.05, 0.1) is 12.7 Å². The van der Waals surface area contributed by atoms with Gasteiger partial charge in [0.15, 0.2) is 0 Å². The van der Waals surface area contributed by atoms with Crippen LogP contribution >= 0.6 is 0 Å². The summed E-state index contributed by atoms with van der Waals surface area (Å²) in [5.41, 5.74) is 6.83. The van der Waals surface area contributed by atoms with Gasteiger partial charge in [-0.05, 0) is 25.5 Å². The molecule has 4 heteroatoms. The van der Waals surface area contributed by atoms with Gasteiger partial charge in [0.25, 0.3) is 5.91 Å². The number of carbonyl (C=O) groups excluding carboxylic acids is 1. The number of hydrogen-bond donors (Lipinski definition) is 1. The lowest BCUT2D eigenvalue weighted by molar-refractivity contribution is 0.0761. The largest absolute Gasteiger partial charge is 0.496 e. The van der Waals surface area contributed by atoms with Crippen molar-refractivity contribution in [2.45, 2.75) is 20.3 Å². The molecule has 0 unspecified atom stereocenters. The molecule has 0 saturated heterocycles. The van der Waals surface area contributed by atoms with Crippen molar-refractivity contribution in [2.24, 2.45) is 0 Å². The highest BCUT2D eigenvalue weighted by Gasteiger charge is 2.17. The van der Waals surface area contributed by atoms with Gasteiger partial charge in [0.2, 0.25) is 0 Å². The summed E-state index contributed by atoms with van der Waals surface area (Å²) in [5, 5.41) is 0. The van der Waals surface area contributed by atoms with Gasteiger partial charge in [-0.25, -0.2) is 0 Å². The maximum atomic E-state index is 12.3. The fraction of sp³-hybridized carbons (Fsp3) is 0.462. The summed E-state index contributed by atoms with van der Waals surface area (Å²) in [4.78, 5) is 14.1. The van der Waals surface area contributed by atoms with Crippen molar-refractivity contribution >= 4 is 11.6 Å². The SMILES string of the molecule is CCCN(CC)C(=O)c1ccc(N)cc1OC. The topological polar surface area (TPSA) is 55.6 Å². The first kappa shape index (κ1) is 13.4. The Balaban J connectivity index is 3.02. The average Bonchev–Trinajstić information content (AvgIpc) is 2.34. The van der Waals surface area contributed by atoms with Crippen LogP contribution in [0.2, 0.25) is 0 Å². The Morgan fingerprint density at radius 3 is 2.65 bits per heavy atom. The fourth-order valence-corrected chi connectivity index (χ4v) is 1.73. The quantitative estimate of drug-likeness (QED) is 0.797. The number of rotatable bonds is 5. The third kappa shape index (κ3) is 3.12. The van der Waals surface area contributed by atoms with Crippen molar-refractivity contribution in [1.82, 2.24) is 4.90 Å². The van der Waals surface area contributed by atoms with Gasteiger partial charge in [0.1, 0.15) is 5.75 Å². The van der Waals surface area contributed by atoms with E-state index in [1.54, 1.807) is 30.2 Å². The van der Waals surface area contributed by atoms with Crippen molar-refractivity contribution in [1.29, 1.82) is 0 Å². The summed E-state index contributed by atoms with van der Waals surface area (Å²) in [7, 11) is 1.54. The Labute approximate surface area is 102 Å². The average molecular weight is 236 g/mol. The lowest BCUT2D eigenvalue weighted by atomic mass is 10.1. The molecule has 0 bridgehead atoms. The van der Waals surface area contributed by atoms with Gasteiger partial charge in [-0.15, -0.1) is 0 Å². The van der Waals surface area contributed by atoms with Crippen molar-refractivity contribution in [3.05, 3.63) is 23.8 Å². The molecule has 0 saturated carbocycles. The number of nitrogens with zero attached hydrogens (tertiary/aromatic N) is 1. The van der Waals surface area contributed by atoms with Gasteiger partial charge >= 0.3 is 0 Å². The monoisotopic (exact) mass is 236 g/mol. The molecule has 0 aliphatic carbocycles. The van der Waals surface area contributed by atoms with E-state index in [1.807, 2.05) is 6.92 Å². The highest BCUT2D eigenvalue weighted by molar-refractivity contribution is 5.97. The number of benzene rings is 1. The van der Waals surface area contributed by atoms with Crippen LogP contribution in [-0.4, -0.2) is 31.0 Å². The minimum absolute atomic E-state index is 0.00815. The zero-order chi connectivity index (χ0) is 12.8. The molecule has 17 heavy (non-hydrogen) atoms. The van der Waals surface area contributed by atoms with Gasteiger partial charge in [-0.1, -0.05) is 6.92 Å². The molecule has 0 aliphatic heterocycles. The molecular weight excluding hydrogens is 216 g/mol. The van der Waals surface area contributed by atoms with Crippen LogP contribution in [-0.2, 0) is 0 Å². The smallest absolute Gasteiger partial charge is 0.257 e. The Bertz CT molecular complexity index is 391. The minimum Gasteiger partial charge on any atom is -0.496 e. The van der Waals surface area contributed by atoms with Crippen molar-refractivity contribution < 1.29 is 9.53 Å². The van der Waals surface area contributed by atoms with Crippen molar-refractivity contribution in [3.8, 4) is 5.75 Å². The Hall–Kier alpha value is -1.71. The molecule has 1 amide bonds. The van der Waals surface area contributed by atoms with Crippen LogP contribution in [0.4, 0.5) is 5.69 Å². The normalized spacial score (nSPS) is 10.1. The molecule has 1 rings (SSSR count). The van der Waals surface area contributed by atoms with Crippen LogP contribution in [0.1, 0.15) is 30.6 Å². The van der Waals surface area contributed by atoms with Gasteiger partial charge in [-0.2, -0.15) is 0 Å². The number of nitrogens with two attached hydrogens (primary N) is 1. The van der Waals surface area contributed by atoms with E-state index in [9.17, 15) is 4.79 Å². The maximum absolute atomic E-state index is 12.3. The van der Waals surface area contributed by atoms with E-state index in [0.29, 0.717) is 23.5 Å². The molecule has 1 aromatic rings. The lowest BCUT2D eigenvalue weighted by Gasteiger charge is -2.21. The van der Waals surface area contributed by atoms with Gasteiger partial charge in [-0.3, -0.25) is 4.79 Å². The number of ether oxygens (including phenoxy) is 1. The van der Waals surface area contributed by atoms with Crippen molar-refractivity contribution in [3.63, 3.8) is 0 Å². The Kier molecular flexibility index (Phi) is 4.82. The van der Waals surface area contributed by atoms with E-state index < -0.39 is 0 Å². The summed E-state index contributed by atoms with van der Waals surface area (Å²) in [6.45, 7) is 5.47. The molecule has 0 aliphatic rings. The molecule has 0 radical (unpaired) electrons. The number of hydrogen-bond acceptors (Lipinski definition) is 3. The van der Waals surface area contributed by atoms with Crippen LogP contribution in [0.5, 0.6) is 5.75 Å². The van der Waals surface area contributed by atoms with E-state index in [-0.39, 0.29) is 5.91 Å².